The van der Waals surface area contributed by atoms with E-state index < -0.39 is 0 Å². The summed E-state index contributed by atoms with van der Waals surface area (Å²) in [4.78, 5) is 20.9. The molecule has 7 nitrogen and oxygen atoms in total. The quantitative estimate of drug-likeness (QED) is 0.787. The summed E-state index contributed by atoms with van der Waals surface area (Å²) in [5.41, 5.74) is 7.06. The Morgan fingerprint density at radius 2 is 2.11 bits per heavy atom. The van der Waals surface area contributed by atoms with Crippen molar-refractivity contribution in [2.24, 2.45) is 5.41 Å². The van der Waals surface area contributed by atoms with E-state index in [0.29, 0.717) is 31.1 Å². The van der Waals surface area contributed by atoms with Crippen LogP contribution in [0.4, 0.5) is 11.8 Å². The first kappa shape index (κ1) is 12.0. The highest BCUT2D eigenvalue weighted by molar-refractivity contribution is 5.85. The second kappa shape index (κ2) is 3.72. The van der Waals surface area contributed by atoms with E-state index in [9.17, 15) is 4.79 Å². The molecule has 0 saturated heterocycles. The summed E-state index contributed by atoms with van der Waals surface area (Å²) in [5.74, 6) is 0.843. The van der Waals surface area contributed by atoms with E-state index in [1.54, 1.807) is 9.13 Å². The lowest BCUT2D eigenvalue weighted by molar-refractivity contribution is 0.340. The number of hydrogen-bond acceptors (Lipinski definition) is 5. The Hall–Kier alpha value is -2.05. The SMILES string of the molecule is CC(C)(C)Cn1c(=O)n2c3c(nc(N)nc31)NCC2. The van der Waals surface area contributed by atoms with Crippen LogP contribution in [-0.4, -0.2) is 25.6 Å². The van der Waals surface area contributed by atoms with Gasteiger partial charge >= 0.3 is 5.69 Å². The van der Waals surface area contributed by atoms with Crippen molar-refractivity contribution in [3.63, 3.8) is 0 Å². The largest absolute Gasteiger partial charge is 0.368 e. The number of nitrogens with zero attached hydrogens (tertiary/aromatic N) is 4. The topological polar surface area (TPSA) is 90.8 Å². The lowest BCUT2D eigenvalue weighted by Crippen LogP contribution is -2.31. The van der Waals surface area contributed by atoms with Crippen LogP contribution in [0.25, 0.3) is 11.2 Å². The lowest BCUT2D eigenvalue weighted by atomic mass is 9.97. The van der Waals surface area contributed by atoms with E-state index in [2.05, 4.69) is 36.1 Å². The smallest absolute Gasteiger partial charge is 0.330 e. The number of nitrogens with one attached hydrogen (secondary N) is 1. The van der Waals surface area contributed by atoms with Gasteiger partial charge in [-0.25, -0.2) is 4.79 Å². The highest BCUT2D eigenvalue weighted by Crippen LogP contribution is 2.25. The fourth-order valence-electron chi connectivity index (χ4n) is 2.46. The Bertz CT molecular complexity index is 706. The fourth-order valence-corrected chi connectivity index (χ4v) is 2.46. The predicted molar refractivity (Wildman–Crippen MR) is 74.1 cm³/mol. The van der Waals surface area contributed by atoms with E-state index in [1.165, 1.54) is 0 Å². The van der Waals surface area contributed by atoms with Gasteiger partial charge in [-0.2, -0.15) is 9.97 Å². The van der Waals surface area contributed by atoms with Gasteiger partial charge in [0.25, 0.3) is 0 Å². The zero-order valence-electron chi connectivity index (χ0n) is 11.4. The van der Waals surface area contributed by atoms with E-state index in [-0.39, 0.29) is 17.1 Å². The highest BCUT2D eigenvalue weighted by Gasteiger charge is 2.24. The average molecular weight is 262 g/mol. The molecular formula is C12H18N6O. The third kappa shape index (κ3) is 1.85. The summed E-state index contributed by atoms with van der Waals surface area (Å²) in [6.07, 6.45) is 0. The Morgan fingerprint density at radius 3 is 2.79 bits per heavy atom. The first-order valence-corrected chi connectivity index (χ1v) is 6.37. The molecule has 7 heteroatoms. The monoisotopic (exact) mass is 262 g/mol. The van der Waals surface area contributed by atoms with Gasteiger partial charge in [0, 0.05) is 19.6 Å². The van der Waals surface area contributed by atoms with Gasteiger partial charge in [-0.15, -0.1) is 0 Å². The normalized spacial score (nSPS) is 14.7. The lowest BCUT2D eigenvalue weighted by Gasteiger charge is -2.18. The van der Waals surface area contributed by atoms with Crippen LogP contribution < -0.4 is 16.7 Å². The van der Waals surface area contributed by atoms with Crippen LogP contribution in [0.1, 0.15) is 20.8 Å². The number of rotatable bonds is 1. The maximum absolute atomic E-state index is 12.5. The van der Waals surface area contributed by atoms with Crippen molar-refractivity contribution in [1.29, 1.82) is 0 Å². The molecule has 0 aromatic carbocycles. The molecule has 1 aliphatic heterocycles. The number of aromatic nitrogens is 4. The average Bonchev–Trinajstić information content (AvgIpc) is 2.55. The first-order chi connectivity index (χ1) is 8.87. The molecule has 3 heterocycles. The zero-order chi connectivity index (χ0) is 13.8. The van der Waals surface area contributed by atoms with Gasteiger partial charge in [-0.05, 0) is 5.41 Å². The maximum atomic E-state index is 12.5. The predicted octanol–water partition coefficient (Wildman–Crippen LogP) is 0.647. The van der Waals surface area contributed by atoms with Crippen molar-refractivity contribution < 1.29 is 0 Å². The first-order valence-electron chi connectivity index (χ1n) is 6.37. The summed E-state index contributed by atoms with van der Waals surface area (Å²) in [5, 5.41) is 3.17. The van der Waals surface area contributed by atoms with Crippen molar-refractivity contribution in [2.45, 2.75) is 33.9 Å². The molecule has 2 aromatic heterocycles. The van der Waals surface area contributed by atoms with Crippen molar-refractivity contribution in [1.82, 2.24) is 19.1 Å². The number of imidazole rings is 1. The van der Waals surface area contributed by atoms with E-state index in [4.69, 9.17) is 5.73 Å². The molecule has 2 aromatic rings. The molecule has 3 N–H and O–H groups in total. The molecular weight excluding hydrogens is 244 g/mol. The standard InChI is InChI=1S/C12H18N6O/c1-12(2,3)6-18-9-7-8(15-10(13)16-9)14-4-5-17(7)11(18)19/h4-6H2,1-3H3,(H3,13,14,15,16). The molecule has 0 spiro atoms. The third-order valence-corrected chi connectivity index (χ3v) is 3.13. The van der Waals surface area contributed by atoms with Crippen LogP contribution in [0.3, 0.4) is 0 Å². The molecule has 3 rings (SSSR count). The van der Waals surface area contributed by atoms with Crippen LogP contribution in [0.15, 0.2) is 4.79 Å². The number of hydrogen-bond donors (Lipinski definition) is 2. The van der Waals surface area contributed by atoms with E-state index >= 15 is 0 Å². The highest BCUT2D eigenvalue weighted by atomic mass is 16.1. The van der Waals surface area contributed by atoms with E-state index in [1.807, 2.05) is 0 Å². The summed E-state index contributed by atoms with van der Waals surface area (Å²) in [7, 11) is 0. The second-order valence-electron chi connectivity index (χ2n) is 6.11. The zero-order valence-corrected chi connectivity index (χ0v) is 11.4. The molecule has 0 unspecified atom stereocenters. The fraction of sp³-hybridized carbons (Fsp3) is 0.583. The van der Waals surface area contributed by atoms with Gasteiger partial charge < -0.3 is 11.1 Å². The molecule has 0 bridgehead atoms. The van der Waals surface area contributed by atoms with Gasteiger partial charge in [-0.1, -0.05) is 20.8 Å². The van der Waals surface area contributed by atoms with Gasteiger partial charge in [0.05, 0.1) is 0 Å². The molecule has 0 atom stereocenters. The number of nitrogen functional groups attached to an aromatic ring is 1. The Labute approximate surface area is 110 Å². The summed E-state index contributed by atoms with van der Waals surface area (Å²) in [6.45, 7) is 8.18. The summed E-state index contributed by atoms with van der Waals surface area (Å²) < 4.78 is 3.43. The summed E-state index contributed by atoms with van der Waals surface area (Å²) >= 11 is 0. The second-order valence-corrected chi connectivity index (χ2v) is 6.11. The van der Waals surface area contributed by atoms with Crippen molar-refractivity contribution in [3.8, 4) is 0 Å². The van der Waals surface area contributed by atoms with Crippen LogP contribution in [0.5, 0.6) is 0 Å². The van der Waals surface area contributed by atoms with Crippen molar-refractivity contribution in [2.75, 3.05) is 17.6 Å². The van der Waals surface area contributed by atoms with Crippen LogP contribution >= 0.6 is 0 Å². The molecule has 0 amide bonds. The molecule has 0 saturated carbocycles. The minimum atomic E-state index is -0.0347. The van der Waals surface area contributed by atoms with Gasteiger partial charge in [-0.3, -0.25) is 9.13 Å². The van der Waals surface area contributed by atoms with Crippen molar-refractivity contribution in [3.05, 3.63) is 10.5 Å². The molecule has 1 aliphatic rings. The van der Waals surface area contributed by atoms with Gasteiger partial charge in [0.15, 0.2) is 11.5 Å². The van der Waals surface area contributed by atoms with E-state index in [0.717, 1.165) is 5.52 Å². The minimum Gasteiger partial charge on any atom is -0.368 e. The van der Waals surface area contributed by atoms with Crippen LogP contribution in [0, 0.1) is 5.41 Å². The summed E-state index contributed by atoms with van der Waals surface area (Å²) in [6, 6.07) is 0. The van der Waals surface area contributed by atoms with Crippen molar-refractivity contribution >= 4 is 22.9 Å². The van der Waals surface area contributed by atoms with Crippen LogP contribution in [-0.2, 0) is 13.1 Å². The Morgan fingerprint density at radius 1 is 1.37 bits per heavy atom. The minimum absolute atomic E-state index is 0.00962. The molecule has 0 aliphatic carbocycles. The molecule has 102 valence electrons. The molecule has 19 heavy (non-hydrogen) atoms. The number of anilines is 2. The van der Waals surface area contributed by atoms with Gasteiger partial charge in [0.1, 0.15) is 5.52 Å². The Kier molecular flexibility index (Phi) is 2.35. The Balaban J connectivity index is 2.34. The van der Waals surface area contributed by atoms with Gasteiger partial charge in [0.2, 0.25) is 5.95 Å². The molecule has 0 fully saturated rings. The maximum Gasteiger partial charge on any atom is 0.330 e. The number of nitrogens with two attached hydrogens (primary N) is 1. The third-order valence-electron chi connectivity index (χ3n) is 3.13. The van der Waals surface area contributed by atoms with Crippen LogP contribution in [0.2, 0.25) is 0 Å². The molecule has 0 radical (unpaired) electrons.